The van der Waals surface area contributed by atoms with Crippen LogP contribution in [0, 0.1) is 6.92 Å². The lowest BCUT2D eigenvalue weighted by Gasteiger charge is -2.23. The van der Waals surface area contributed by atoms with E-state index in [4.69, 9.17) is 17.0 Å². The Bertz CT molecular complexity index is 670. The Hall–Kier alpha value is -1.75. The van der Waals surface area contributed by atoms with Gasteiger partial charge in [-0.05, 0) is 70.1 Å². The molecule has 2 aromatic rings. The van der Waals surface area contributed by atoms with E-state index in [9.17, 15) is 0 Å². The molecule has 0 bridgehead atoms. The summed E-state index contributed by atoms with van der Waals surface area (Å²) >= 11 is 5.32. The van der Waals surface area contributed by atoms with Crippen LogP contribution in [0.4, 0.5) is 0 Å². The summed E-state index contributed by atoms with van der Waals surface area (Å²) in [5, 5.41) is 8.45. The normalized spacial score (nSPS) is 11.5. The number of nitrogens with one attached hydrogen (secondary N) is 3. The summed E-state index contributed by atoms with van der Waals surface area (Å²) in [6.07, 6.45) is 0.908. The molecular formula is C17H25N3OS. The standard InChI is InChI=1S/C17H25N3OS/c1-11-13(8-9-18-16(22)20-17(2,3)4)14-10-12(21-5)6-7-15(14)19-11/h6-7,10,19H,8-9H2,1-5H3,(H2,18,20,22). The van der Waals surface area contributed by atoms with E-state index in [1.165, 1.54) is 16.6 Å². The van der Waals surface area contributed by atoms with Crippen LogP contribution in [0.1, 0.15) is 32.0 Å². The molecule has 1 heterocycles. The lowest BCUT2D eigenvalue weighted by Crippen LogP contribution is -2.46. The first-order valence-electron chi connectivity index (χ1n) is 7.51. The fourth-order valence-electron chi connectivity index (χ4n) is 2.50. The van der Waals surface area contributed by atoms with Crippen molar-refractivity contribution in [1.29, 1.82) is 0 Å². The van der Waals surface area contributed by atoms with Crippen molar-refractivity contribution in [2.75, 3.05) is 13.7 Å². The van der Waals surface area contributed by atoms with E-state index in [0.717, 1.165) is 24.2 Å². The molecule has 4 nitrogen and oxygen atoms in total. The zero-order chi connectivity index (χ0) is 16.3. The van der Waals surface area contributed by atoms with Crippen molar-refractivity contribution < 1.29 is 4.74 Å². The summed E-state index contributed by atoms with van der Waals surface area (Å²) in [6.45, 7) is 9.19. The third-order valence-electron chi connectivity index (χ3n) is 3.48. The highest BCUT2D eigenvalue weighted by Crippen LogP contribution is 2.26. The van der Waals surface area contributed by atoms with Gasteiger partial charge in [0, 0.05) is 28.7 Å². The number of fused-ring (bicyclic) bond motifs is 1. The number of aromatic nitrogens is 1. The highest BCUT2D eigenvalue weighted by molar-refractivity contribution is 7.80. The van der Waals surface area contributed by atoms with Crippen LogP contribution in [0.2, 0.25) is 0 Å². The summed E-state index contributed by atoms with van der Waals surface area (Å²) in [5.41, 5.74) is 3.62. The minimum atomic E-state index is -0.0197. The number of benzene rings is 1. The van der Waals surface area contributed by atoms with Gasteiger partial charge in [-0.25, -0.2) is 0 Å². The molecule has 0 fully saturated rings. The van der Waals surface area contributed by atoms with E-state index in [0.29, 0.717) is 5.11 Å². The number of ether oxygens (including phenoxy) is 1. The Balaban J connectivity index is 2.05. The predicted molar refractivity (Wildman–Crippen MR) is 96.8 cm³/mol. The molecule has 0 radical (unpaired) electrons. The monoisotopic (exact) mass is 319 g/mol. The average Bonchev–Trinajstić information content (AvgIpc) is 2.72. The van der Waals surface area contributed by atoms with Gasteiger partial charge in [0.05, 0.1) is 7.11 Å². The van der Waals surface area contributed by atoms with Crippen LogP contribution in [0.15, 0.2) is 18.2 Å². The average molecular weight is 319 g/mol. The van der Waals surface area contributed by atoms with Crippen LogP contribution >= 0.6 is 12.2 Å². The maximum Gasteiger partial charge on any atom is 0.166 e. The molecule has 0 amide bonds. The lowest BCUT2D eigenvalue weighted by molar-refractivity contribution is 0.415. The van der Waals surface area contributed by atoms with Gasteiger partial charge >= 0.3 is 0 Å². The van der Waals surface area contributed by atoms with Gasteiger partial charge in [-0.1, -0.05) is 0 Å². The molecule has 0 atom stereocenters. The molecule has 5 heteroatoms. The highest BCUT2D eigenvalue weighted by Gasteiger charge is 2.12. The molecule has 2 rings (SSSR count). The molecule has 3 N–H and O–H groups in total. The molecule has 0 saturated carbocycles. The molecule has 120 valence electrons. The van der Waals surface area contributed by atoms with Crippen molar-refractivity contribution in [2.24, 2.45) is 0 Å². The zero-order valence-electron chi connectivity index (χ0n) is 14.0. The van der Waals surface area contributed by atoms with Gasteiger partial charge < -0.3 is 20.4 Å². The molecular weight excluding hydrogens is 294 g/mol. The fraction of sp³-hybridized carbons (Fsp3) is 0.471. The van der Waals surface area contributed by atoms with Crippen LogP contribution in [0.25, 0.3) is 10.9 Å². The first-order chi connectivity index (χ1) is 10.3. The second kappa shape index (κ2) is 6.57. The first-order valence-corrected chi connectivity index (χ1v) is 7.92. The summed E-state index contributed by atoms with van der Waals surface area (Å²) < 4.78 is 5.32. The largest absolute Gasteiger partial charge is 0.497 e. The van der Waals surface area contributed by atoms with Crippen LogP contribution in [-0.2, 0) is 6.42 Å². The molecule has 1 aromatic carbocycles. The van der Waals surface area contributed by atoms with E-state index in [1.807, 2.05) is 6.07 Å². The number of thiocarbonyl (C=S) groups is 1. The van der Waals surface area contributed by atoms with Crippen molar-refractivity contribution in [3.63, 3.8) is 0 Å². The van der Waals surface area contributed by atoms with Crippen molar-refractivity contribution in [1.82, 2.24) is 15.6 Å². The van der Waals surface area contributed by atoms with E-state index in [1.54, 1.807) is 7.11 Å². The zero-order valence-corrected chi connectivity index (χ0v) is 14.8. The maximum absolute atomic E-state index is 5.32. The van der Waals surface area contributed by atoms with E-state index < -0.39 is 0 Å². The van der Waals surface area contributed by atoms with Crippen LogP contribution < -0.4 is 15.4 Å². The molecule has 0 saturated heterocycles. The van der Waals surface area contributed by atoms with Crippen molar-refractivity contribution >= 4 is 28.2 Å². The minimum absolute atomic E-state index is 0.0197. The Kier molecular flexibility index (Phi) is 4.96. The minimum Gasteiger partial charge on any atom is -0.497 e. The number of aromatic amines is 1. The second-order valence-corrected chi connectivity index (χ2v) is 6.93. The summed E-state index contributed by atoms with van der Waals surface area (Å²) in [5.74, 6) is 0.880. The van der Waals surface area contributed by atoms with Crippen molar-refractivity contribution in [2.45, 2.75) is 39.7 Å². The molecule has 0 unspecified atom stereocenters. The van der Waals surface area contributed by atoms with Crippen LogP contribution in [0.5, 0.6) is 5.75 Å². The molecule has 0 aliphatic rings. The fourth-order valence-corrected chi connectivity index (χ4v) is 2.90. The maximum atomic E-state index is 5.32. The van der Waals surface area contributed by atoms with Crippen LogP contribution in [-0.4, -0.2) is 29.3 Å². The van der Waals surface area contributed by atoms with Gasteiger partial charge in [0.2, 0.25) is 0 Å². The first kappa shape index (κ1) is 16.6. The van der Waals surface area contributed by atoms with E-state index >= 15 is 0 Å². The third-order valence-corrected chi connectivity index (χ3v) is 3.72. The topological polar surface area (TPSA) is 49.1 Å². The van der Waals surface area contributed by atoms with Gasteiger partial charge in [-0.3, -0.25) is 0 Å². The number of H-pyrrole nitrogens is 1. The number of methoxy groups -OCH3 is 1. The smallest absolute Gasteiger partial charge is 0.166 e. The SMILES string of the molecule is COc1ccc2[nH]c(C)c(CCNC(=S)NC(C)(C)C)c2c1. The summed E-state index contributed by atoms with van der Waals surface area (Å²) in [7, 11) is 1.69. The summed E-state index contributed by atoms with van der Waals surface area (Å²) in [4.78, 5) is 3.42. The molecule has 22 heavy (non-hydrogen) atoms. The van der Waals surface area contributed by atoms with Crippen LogP contribution in [0.3, 0.4) is 0 Å². The molecule has 1 aromatic heterocycles. The van der Waals surface area contributed by atoms with E-state index in [-0.39, 0.29) is 5.54 Å². The number of aryl methyl sites for hydroxylation is 1. The lowest BCUT2D eigenvalue weighted by atomic mass is 10.1. The van der Waals surface area contributed by atoms with Gasteiger partial charge in [-0.15, -0.1) is 0 Å². The quantitative estimate of drug-likeness (QED) is 0.757. The Morgan fingerprint density at radius 3 is 2.68 bits per heavy atom. The van der Waals surface area contributed by atoms with Gasteiger partial charge in [0.15, 0.2) is 5.11 Å². The molecule has 0 spiro atoms. The number of rotatable bonds is 4. The molecule has 0 aliphatic heterocycles. The predicted octanol–water partition coefficient (Wildman–Crippen LogP) is 3.29. The third kappa shape index (κ3) is 4.13. The second-order valence-electron chi connectivity index (χ2n) is 6.52. The van der Waals surface area contributed by atoms with E-state index in [2.05, 4.69) is 55.4 Å². The van der Waals surface area contributed by atoms with Gasteiger partial charge in [-0.2, -0.15) is 0 Å². The Morgan fingerprint density at radius 2 is 2.05 bits per heavy atom. The molecule has 0 aliphatic carbocycles. The number of hydrogen-bond donors (Lipinski definition) is 3. The Labute approximate surface area is 137 Å². The highest BCUT2D eigenvalue weighted by atomic mass is 32.1. The van der Waals surface area contributed by atoms with Crippen molar-refractivity contribution in [3.05, 3.63) is 29.5 Å². The van der Waals surface area contributed by atoms with Gasteiger partial charge in [0.1, 0.15) is 5.75 Å². The summed E-state index contributed by atoms with van der Waals surface area (Å²) in [6, 6.07) is 6.12. The number of hydrogen-bond acceptors (Lipinski definition) is 2. The Morgan fingerprint density at radius 1 is 1.32 bits per heavy atom. The van der Waals surface area contributed by atoms with Crippen molar-refractivity contribution in [3.8, 4) is 5.75 Å². The van der Waals surface area contributed by atoms with Gasteiger partial charge in [0.25, 0.3) is 0 Å².